The number of hydrogen-bond donors (Lipinski definition) is 1. The number of thiazole rings is 1. The molecule has 0 amide bonds. The average molecular weight is 211 g/mol. The Labute approximate surface area is 89.1 Å². The van der Waals surface area contributed by atoms with Crippen molar-refractivity contribution in [1.82, 2.24) is 15.2 Å². The van der Waals surface area contributed by atoms with Crippen LogP contribution in [0.2, 0.25) is 0 Å². The first kappa shape index (κ1) is 10.1. The van der Waals surface area contributed by atoms with E-state index >= 15 is 0 Å². The van der Waals surface area contributed by atoms with Crippen molar-refractivity contribution in [2.24, 2.45) is 0 Å². The highest BCUT2D eigenvalue weighted by Gasteiger charge is 2.08. The largest absolute Gasteiger partial charge is 0.315 e. The molecule has 1 aromatic rings. The van der Waals surface area contributed by atoms with Gasteiger partial charge in [-0.15, -0.1) is 11.3 Å². The van der Waals surface area contributed by atoms with Gasteiger partial charge in [0.2, 0.25) is 0 Å². The summed E-state index contributed by atoms with van der Waals surface area (Å²) in [6, 6.07) is 0. The zero-order valence-corrected chi connectivity index (χ0v) is 9.22. The van der Waals surface area contributed by atoms with Crippen molar-refractivity contribution in [3.8, 4) is 0 Å². The summed E-state index contributed by atoms with van der Waals surface area (Å²) in [6.45, 7) is 5.89. The molecule has 2 rings (SSSR count). The third-order valence-electron chi connectivity index (χ3n) is 2.56. The molecule has 1 aliphatic rings. The predicted molar refractivity (Wildman–Crippen MR) is 59.7 cm³/mol. The molecule has 1 fully saturated rings. The van der Waals surface area contributed by atoms with Crippen molar-refractivity contribution < 1.29 is 0 Å². The Kier molecular flexibility index (Phi) is 3.91. The average Bonchev–Trinajstić information content (AvgIpc) is 2.58. The molecule has 1 aliphatic heterocycles. The number of rotatable bonds is 3. The maximum atomic E-state index is 4.30. The normalized spacial score (nSPS) is 19.4. The fourth-order valence-corrected chi connectivity index (χ4v) is 2.37. The number of hydrogen-bond acceptors (Lipinski definition) is 4. The lowest BCUT2D eigenvalue weighted by Gasteiger charge is -2.18. The minimum absolute atomic E-state index is 1.11. The monoisotopic (exact) mass is 211 g/mol. The molecule has 14 heavy (non-hydrogen) atoms. The zero-order valence-electron chi connectivity index (χ0n) is 8.41. The summed E-state index contributed by atoms with van der Waals surface area (Å²) in [7, 11) is 0. The van der Waals surface area contributed by atoms with Gasteiger partial charge in [0, 0.05) is 37.6 Å². The third-order valence-corrected chi connectivity index (χ3v) is 3.40. The van der Waals surface area contributed by atoms with Gasteiger partial charge >= 0.3 is 0 Å². The minimum Gasteiger partial charge on any atom is -0.315 e. The fourth-order valence-electron chi connectivity index (χ4n) is 1.76. The molecule has 0 radical (unpaired) electrons. The highest BCUT2D eigenvalue weighted by Crippen LogP contribution is 2.06. The first-order valence-electron chi connectivity index (χ1n) is 5.26. The van der Waals surface area contributed by atoms with E-state index in [4.69, 9.17) is 0 Å². The predicted octanol–water partition coefficient (Wildman–Crippen LogP) is 0.981. The van der Waals surface area contributed by atoms with Gasteiger partial charge in [-0.1, -0.05) is 0 Å². The fraction of sp³-hybridized carbons (Fsp3) is 0.700. The van der Waals surface area contributed by atoms with Crippen LogP contribution in [-0.2, 0) is 6.42 Å². The Hall–Kier alpha value is -0.450. The number of aromatic nitrogens is 1. The molecule has 0 spiro atoms. The molecule has 0 bridgehead atoms. The second-order valence-corrected chi connectivity index (χ2v) is 4.60. The molecule has 3 nitrogen and oxygen atoms in total. The van der Waals surface area contributed by atoms with Crippen LogP contribution in [0.3, 0.4) is 0 Å². The highest BCUT2D eigenvalue weighted by molar-refractivity contribution is 7.09. The first-order chi connectivity index (χ1) is 6.95. The molecule has 1 saturated heterocycles. The molecule has 0 atom stereocenters. The summed E-state index contributed by atoms with van der Waals surface area (Å²) in [4.78, 5) is 6.83. The molecule has 0 unspecified atom stereocenters. The molecule has 1 N–H and O–H groups in total. The van der Waals surface area contributed by atoms with Crippen LogP contribution in [-0.4, -0.2) is 42.6 Å². The van der Waals surface area contributed by atoms with Gasteiger partial charge in [0.15, 0.2) is 0 Å². The van der Waals surface area contributed by atoms with E-state index in [1.807, 2.05) is 6.20 Å². The van der Waals surface area contributed by atoms with E-state index in [0.29, 0.717) is 0 Å². The van der Waals surface area contributed by atoms with Crippen molar-refractivity contribution in [3.63, 3.8) is 0 Å². The standard InChI is InChI=1S/C10H17N3S/c1-3-11-4-8-13(6-1)7-2-10-12-5-9-14-10/h5,9,11H,1-4,6-8H2. The van der Waals surface area contributed by atoms with Crippen LogP contribution in [0.15, 0.2) is 11.6 Å². The van der Waals surface area contributed by atoms with Gasteiger partial charge in [0.25, 0.3) is 0 Å². The Balaban J connectivity index is 1.73. The van der Waals surface area contributed by atoms with Crippen LogP contribution < -0.4 is 5.32 Å². The van der Waals surface area contributed by atoms with Gasteiger partial charge in [0.05, 0.1) is 5.01 Å². The van der Waals surface area contributed by atoms with Crippen molar-refractivity contribution in [1.29, 1.82) is 0 Å². The summed E-state index contributed by atoms with van der Waals surface area (Å²) in [5.41, 5.74) is 0. The molecule has 1 aromatic heterocycles. The summed E-state index contributed by atoms with van der Waals surface area (Å²) >= 11 is 1.76. The van der Waals surface area contributed by atoms with E-state index in [-0.39, 0.29) is 0 Å². The van der Waals surface area contributed by atoms with Gasteiger partial charge < -0.3 is 10.2 Å². The SMILES string of the molecule is c1csc(CCN2CCCNCC2)n1. The van der Waals surface area contributed by atoms with E-state index in [0.717, 1.165) is 19.5 Å². The third kappa shape index (κ3) is 3.04. The summed E-state index contributed by atoms with van der Waals surface area (Å²) in [5.74, 6) is 0. The Bertz CT molecular complexity index is 240. The Morgan fingerprint density at radius 3 is 3.29 bits per heavy atom. The zero-order chi connectivity index (χ0) is 9.64. The Morgan fingerprint density at radius 1 is 1.43 bits per heavy atom. The molecule has 0 saturated carbocycles. The second-order valence-electron chi connectivity index (χ2n) is 3.62. The van der Waals surface area contributed by atoms with Crippen molar-refractivity contribution >= 4 is 11.3 Å². The van der Waals surface area contributed by atoms with Gasteiger partial charge in [-0.25, -0.2) is 4.98 Å². The van der Waals surface area contributed by atoms with Gasteiger partial charge in [0.1, 0.15) is 0 Å². The van der Waals surface area contributed by atoms with Crippen molar-refractivity contribution in [3.05, 3.63) is 16.6 Å². The summed E-state index contributed by atoms with van der Waals surface area (Å²) < 4.78 is 0. The van der Waals surface area contributed by atoms with E-state index in [1.54, 1.807) is 11.3 Å². The topological polar surface area (TPSA) is 28.2 Å². The highest BCUT2D eigenvalue weighted by atomic mass is 32.1. The maximum Gasteiger partial charge on any atom is 0.0937 e. The van der Waals surface area contributed by atoms with Crippen LogP contribution in [0.1, 0.15) is 11.4 Å². The van der Waals surface area contributed by atoms with Crippen LogP contribution in [0, 0.1) is 0 Å². The lowest BCUT2D eigenvalue weighted by molar-refractivity contribution is 0.296. The number of nitrogens with one attached hydrogen (secondary N) is 1. The van der Waals surface area contributed by atoms with Crippen LogP contribution >= 0.6 is 11.3 Å². The smallest absolute Gasteiger partial charge is 0.0937 e. The van der Waals surface area contributed by atoms with Gasteiger partial charge in [-0.3, -0.25) is 0 Å². The van der Waals surface area contributed by atoms with E-state index in [9.17, 15) is 0 Å². The molecule has 78 valence electrons. The summed E-state index contributed by atoms with van der Waals surface area (Å²) in [6.07, 6.45) is 4.28. The first-order valence-corrected chi connectivity index (χ1v) is 6.14. The molecular formula is C10H17N3S. The lowest BCUT2D eigenvalue weighted by atomic mass is 10.3. The summed E-state index contributed by atoms with van der Waals surface area (Å²) in [5, 5.41) is 6.74. The second kappa shape index (κ2) is 5.44. The molecular weight excluding hydrogens is 194 g/mol. The van der Waals surface area contributed by atoms with E-state index in [1.165, 1.54) is 31.1 Å². The van der Waals surface area contributed by atoms with E-state index in [2.05, 4.69) is 20.6 Å². The Morgan fingerprint density at radius 2 is 2.43 bits per heavy atom. The van der Waals surface area contributed by atoms with Crippen LogP contribution in [0.4, 0.5) is 0 Å². The van der Waals surface area contributed by atoms with Gasteiger partial charge in [-0.05, 0) is 19.5 Å². The quantitative estimate of drug-likeness (QED) is 0.808. The molecule has 2 heterocycles. The van der Waals surface area contributed by atoms with Gasteiger partial charge in [-0.2, -0.15) is 0 Å². The number of nitrogens with zero attached hydrogens (tertiary/aromatic N) is 2. The van der Waals surface area contributed by atoms with Crippen molar-refractivity contribution in [2.75, 3.05) is 32.7 Å². The maximum absolute atomic E-state index is 4.30. The van der Waals surface area contributed by atoms with Crippen LogP contribution in [0.5, 0.6) is 0 Å². The lowest BCUT2D eigenvalue weighted by Crippen LogP contribution is -2.30. The molecule has 0 aliphatic carbocycles. The van der Waals surface area contributed by atoms with E-state index < -0.39 is 0 Å². The van der Waals surface area contributed by atoms with Crippen LogP contribution in [0.25, 0.3) is 0 Å². The molecule has 0 aromatic carbocycles. The molecule has 4 heteroatoms. The van der Waals surface area contributed by atoms with Crippen molar-refractivity contribution in [2.45, 2.75) is 12.8 Å². The minimum atomic E-state index is 1.11.